The zero-order chi connectivity index (χ0) is 20.9. The second-order valence-electron chi connectivity index (χ2n) is 8.94. The first kappa shape index (κ1) is 21.7. The van der Waals surface area contributed by atoms with Gasteiger partial charge < -0.3 is 14.7 Å². The molecular weight excluding hydrogens is 388 g/mol. The van der Waals surface area contributed by atoms with Crippen molar-refractivity contribution in [2.45, 2.75) is 46.0 Å². The zero-order valence-corrected chi connectivity index (χ0v) is 19.5. The molecule has 4 nitrogen and oxygen atoms in total. The van der Waals surface area contributed by atoms with Crippen molar-refractivity contribution in [1.29, 1.82) is 0 Å². The Bertz CT molecular complexity index is 869. The highest BCUT2D eigenvalue weighted by Gasteiger charge is 2.18. The van der Waals surface area contributed by atoms with E-state index in [1.165, 1.54) is 60.3 Å². The fourth-order valence-corrected chi connectivity index (χ4v) is 4.88. The maximum Gasteiger partial charge on any atom is 0.129 e. The number of anilines is 1. The number of fused-ring (bicyclic) bond motifs is 1. The van der Waals surface area contributed by atoms with Gasteiger partial charge in [0.05, 0.1) is 5.52 Å². The number of hydrogen-bond acceptors (Lipinski definition) is 5. The Balaban J connectivity index is 1.35. The molecule has 3 heterocycles. The van der Waals surface area contributed by atoms with Gasteiger partial charge in [0.25, 0.3) is 0 Å². The topological polar surface area (TPSA) is 22.6 Å². The summed E-state index contributed by atoms with van der Waals surface area (Å²) in [5.74, 6) is 1.13. The number of benzene rings is 1. The maximum atomic E-state index is 5.70. The van der Waals surface area contributed by atoms with Gasteiger partial charge in [0, 0.05) is 38.0 Å². The highest BCUT2D eigenvalue weighted by Crippen LogP contribution is 2.25. The van der Waals surface area contributed by atoms with Crippen molar-refractivity contribution >= 4 is 33.8 Å². The largest absolute Gasteiger partial charge is 0.354 e. The van der Waals surface area contributed by atoms with Crippen LogP contribution in [0.25, 0.3) is 10.9 Å². The SMILES string of the molecule is CCN1CCN(c2cc(C)c3cc(CC(=S)CCCCN4CCC4)ccc3n2)CC1. The van der Waals surface area contributed by atoms with Crippen molar-refractivity contribution in [1.82, 2.24) is 14.8 Å². The highest BCUT2D eigenvalue weighted by molar-refractivity contribution is 7.80. The van der Waals surface area contributed by atoms with Crippen LogP contribution in [0.1, 0.15) is 43.7 Å². The van der Waals surface area contributed by atoms with E-state index in [1.807, 2.05) is 0 Å². The van der Waals surface area contributed by atoms with E-state index in [1.54, 1.807) is 0 Å². The Kier molecular flexibility index (Phi) is 7.34. The van der Waals surface area contributed by atoms with Gasteiger partial charge in [-0.15, -0.1) is 0 Å². The number of rotatable bonds is 9. The highest BCUT2D eigenvalue weighted by atomic mass is 32.1. The predicted octanol–water partition coefficient (Wildman–Crippen LogP) is 4.47. The van der Waals surface area contributed by atoms with Crippen LogP contribution in [0, 0.1) is 6.92 Å². The second-order valence-corrected chi connectivity index (χ2v) is 9.52. The third-order valence-corrected chi connectivity index (χ3v) is 7.09. The summed E-state index contributed by atoms with van der Waals surface area (Å²) in [5.41, 5.74) is 3.74. The Labute approximate surface area is 187 Å². The molecule has 2 fully saturated rings. The lowest BCUT2D eigenvalue weighted by Crippen LogP contribution is -2.46. The maximum absolute atomic E-state index is 5.70. The lowest BCUT2D eigenvalue weighted by atomic mass is 10.0. The molecule has 1 aromatic heterocycles. The molecule has 0 radical (unpaired) electrons. The number of likely N-dealkylation sites (tertiary alicyclic amines) is 1. The standard InChI is InChI=1S/C25H36N4S/c1-3-27-13-15-29(16-14-27)25-17-20(2)23-19-21(8-9-24(23)26-25)18-22(30)7-4-5-10-28-11-6-12-28/h8-9,17,19H,3-7,10-16,18H2,1-2H3. The van der Waals surface area contributed by atoms with Gasteiger partial charge >= 0.3 is 0 Å². The van der Waals surface area contributed by atoms with Crippen LogP contribution in [-0.2, 0) is 6.42 Å². The van der Waals surface area contributed by atoms with E-state index in [2.05, 4.69) is 52.8 Å². The summed E-state index contributed by atoms with van der Waals surface area (Å²) in [5, 5.41) is 1.27. The van der Waals surface area contributed by atoms with Crippen molar-refractivity contribution in [3.05, 3.63) is 35.4 Å². The van der Waals surface area contributed by atoms with Crippen LogP contribution in [0.4, 0.5) is 5.82 Å². The van der Waals surface area contributed by atoms with Crippen LogP contribution in [0.5, 0.6) is 0 Å². The fourth-order valence-electron chi connectivity index (χ4n) is 4.57. The third kappa shape index (κ3) is 5.37. The number of pyridine rings is 1. The molecule has 2 aliphatic rings. The fraction of sp³-hybridized carbons (Fsp3) is 0.600. The molecule has 5 heteroatoms. The molecule has 0 bridgehead atoms. The van der Waals surface area contributed by atoms with Gasteiger partial charge in [-0.1, -0.05) is 25.2 Å². The smallest absolute Gasteiger partial charge is 0.129 e. The van der Waals surface area contributed by atoms with Crippen LogP contribution in [0.3, 0.4) is 0 Å². The van der Waals surface area contributed by atoms with Crippen molar-refractivity contribution in [2.75, 3.05) is 57.3 Å². The first-order chi connectivity index (χ1) is 14.6. The Morgan fingerprint density at radius 2 is 1.80 bits per heavy atom. The number of piperazine rings is 1. The lowest BCUT2D eigenvalue weighted by molar-refractivity contribution is 0.178. The number of unbranched alkanes of at least 4 members (excludes halogenated alkanes) is 1. The van der Waals surface area contributed by atoms with Crippen LogP contribution < -0.4 is 4.90 Å². The van der Waals surface area contributed by atoms with Crippen molar-refractivity contribution < 1.29 is 0 Å². The quantitative estimate of drug-likeness (QED) is 0.436. The molecule has 0 aliphatic carbocycles. The summed E-state index contributed by atoms with van der Waals surface area (Å²) >= 11 is 5.70. The van der Waals surface area contributed by atoms with E-state index in [-0.39, 0.29) is 0 Å². The number of aromatic nitrogens is 1. The summed E-state index contributed by atoms with van der Waals surface area (Å²) in [7, 11) is 0. The number of aryl methyl sites for hydroxylation is 1. The molecule has 2 aliphatic heterocycles. The van der Waals surface area contributed by atoms with Gasteiger partial charge in [-0.25, -0.2) is 4.98 Å². The minimum absolute atomic E-state index is 0.912. The molecule has 0 N–H and O–H groups in total. The molecule has 0 spiro atoms. The average Bonchev–Trinajstić information content (AvgIpc) is 2.72. The molecule has 0 atom stereocenters. The van der Waals surface area contributed by atoms with Crippen LogP contribution in [-0.4, -0.2) is 72.0 Å². The van der Waals surface area contributed by atoms with Crippen LogP contribution >= 0.6 is 12.2 Å². The van der Waals surface area contributed by atoms with Gasteiger partial charge in [-0.05, 0) is 93.0 Å². The molecule has 0 unspecified atom stereocenters. The Morgan fingerprint density at radius 3 is 2.50 bits per heavy atom. The average molecular weight is 425 g/mol. The number of thiocarbonyl (C=S) groups is 1. The molecule has 2 saturated heterocycles. The predicted molar refractivity (Wildman–Crippen MR) is 132 cm³/mol. The van der Waals surface area contributed by atoms with E-state index in [0.29, 0.717) is 0 Å². The van der Waals surface area contributed by atoms with Crippen LogP contribution in [0.15, 0.2) is 24.3 Å². The molecule has 162 valence electrons. The third-order valence-electron chi connectivity index (χ3n) is 6.74. The monoisotopic (exact) mass is 424 g/mol. The van der Waals surface area contributed by atoms with Crippen molar-refractivity contribution in [3.8, 4) is 0 Å². The summed E-state index contributed by atoms with van der Waals surface area (Å²) in [6.07, 6.45) is 5.86. The summed E-state index contributed by atoms with van der Waals surface area (Å²) < 4.78 is 0. The summed E-state index contributed by atoms with van der Waals surface area (Å²) in [6, 6.07) is 8.99. The van der Waals surface area contributed by atoms with E-state index in [9.17, 15) is 0 Å². The minimum atomic E-state index is 0.912. The molecular formula is C25H36N4S. The van der Waals surface area contributed by atoms with E-state index in [0.717, 1.165) is 56.9 Å². The normalized spacial score (nSPS) is 18.0. The van der Waals surface area contributed by atoms with Crippen LogP contribution in [0.2, 0.25) is 0 Å². The Morgan fingerprint density at radius 1 is 1.00 bits per heavy atom. The molecule has 30 heavy (non-hydrogen) atoms. The second kappa shape index (κ2) is 10.2. The lowest BCUT2D eigenvalue weighted by Gasteiger charge is -2.35. The molecule has 1 aromatic carbocycles. The first-order valence-electron chi connectivity index (χ1n) is 11.7. The van der Waals surface area contributed by atoms with E-state index in [4.69, 9.17) is 17.2 Å². The number of likely N-dealkylation sites (N-methyl/N-ethyl adjacent to an activating group) is 1. The van der Waals surface area contributed by atoms with E-state index < -0.39 is 0 Å². The number of hydrogen-bond donors (Lipinski definition) is 0. The summed E-state index contributed by atoms with van der Waals surface area (Å²) in [6.45, 7) is 13.8. The molecule has 4 rings (SSSR count). The number of nitrogens with zero attached hydrogens (tertiary/aromatic N) is 4. The van der Waals surface area contributed by atoms with Crippen molar-refractivity contribution in [2.24, 2.45) is 0 Å². The Hall–Kier alpha value is -1.56. The minimum Gasteiger partial charge on any atom is -0.354 e. The molecule has 2 aromatic rings. The summed E-state index contributed by atoms with van der Waals surface area (Å²) in [4.78, 5) is 13.7. The van der Waals surface area contributed by atoms with Gasteiger partial charge in [-0.3, -0.25) is 0 Å². The van der Waals surface area contributed by atoms with Gasteiger partial charge in [0.15, 0.2) is 0 Å². The zero-order valence-electron chi connectivity index (χ0n) is 18.7. The van der Waals surface area contributed by atoms with Gasteiger partial charge in [-0.2, -0.15) is 0 Å². The van der Waals surface area contributed by atoms with Crippen molar-refractivity contribution in [3.63, 3.8) is 0 Å². The van der Waals surface area contributed by atoms with E-state index >= 15 is 0 Å². The van der Waals surface area contributed by atoms with Gasteiger partial charge in [0.2, 0.25) is 0 Å². The molecule has 0 saturated carbocycles. The molecule has 0 amide bonds. The van der Waals surface area contributed by atoms with Gasteiger partial charge in [0.1, 0.15) is 5.82 Å². The first-order valence-corrected chi connectivity index (χ1v) is 12.1.